The Morgan fingerprint density at radius 2 is 2.06 bits per heavy atom. The molecule has 0 amide bonds. The fraction of sp³-hybridized carbons (Fsp3) is 0.600. The largest absolute Gasteiger partial charge is 0.368 e. The molecule has 0 spiro atoms. The number of benzene rings is 1. The Balaban J connectivity index is 1.93. The van der Waals surface area contributed by atoms with Gasteiger partial charge in [-0.2, -0.15) is 0 Å². The zero-order chi connectivity index (χ0) is 12.5. The summed E-state index contributed by atoms with van der Waals surface area (Å²) in [5.41, 5.74) is 2.63. The Bertz CT molecular complexity index is 435. The molecule has 2 fully saturated rings. The number of rotatable bonds is 2. The molecule has 1 saturated heterocycles. The number of nitrogens with zero attached hydrogens (tertiary/aromatic N) is 1. The Morgan fingerprint density at radius 1 is 1.22 bits per heavy atom. The molecule has 1 saturated carbocycles. The molecule has 1 aliphatic heterocycles. The number of anilines is 1. The van der Waals surface area contributed by atoms with Crippen LogP contribution < -0.4 is 4.90 Å². The highest BCUT2D eigenvalue weighted by molar-refractivity contribution is 9.10. The molecule has 0 N–H and O–H groups in total. The van der Waals surface area contributed by atoms with E-state index in [1.807, 2.05) is 0 Å². The van der Waals surface area contributed by atoms with Crippen molar-refractivity contribution in [2.24, 2.45) is 5.92 Å². The average Bonchev–Trinajstić information content (AvgIpc) is 2.86. The Labute approximate surface area is 123 Å². The molecule has 2 aliphatic rings. The summed E-state index contributed by atoms with van der Waals surface area (Å²) < 4.78 is 1.13. The van der Waals surface area contributed by atoms with Crippen LogP contribution in [0.5, 0.6) is 0 Å². The molecule has 2 unspecified atom stereocenters. The van der Waals surface area contributed by atoms with Gasteiger partial charge in [0.15, 0.2) is 0 Å². The van der Waals surface area contributed by atoms with Crippen molar-refractivity contribution in [3.05, 3.63) is 28.2 Å². The molecule has 98 valence electrons. The molecule has 0 radical (unpaired) electrons. The maximum atomic E-state index is 6.12. The van der Waals surface area contributed by atoms with Gasteiger partial charge >= 0.3 is 0 Å². The second kappa shape index (κ2) is 5.42. The summed E-state index contributed by atoms with van der Waals surface area (Å²) in [6.07, 6.45) is 6.95. The summed E-state index contributed by atoms with van der Waals surface area (Å²) in [5.74, 6) is 1.52. The molecular formula is C15H19BrClN. The van der Waals surface area contributed by atoms with Gasteiger partial charge in [0.1, 0.15) is 0 Å². The van der Waals surface area contributed by atoms with Crippen LogP contribution in [0.3, 0.4) is 0 Å². The molecule has 18 heavy (non-hydrogen) atoms. The molecule has 1 nitrogen and oxygen atoms in total. The van der Waals surface area contributed by atoms with Crippen LogP contribution in [0.25, 0.3) is 0 Å². The molecular weight excluding hydrogens is 310 g/mol. The van der Waals surface area contributed by atoms with Gasteiger partial charge in [-0.1, -0.05) is 22.4 Å². The number of hydrogen-bond donors (Lipinski definition) is 0. The third-order valence-electron chi connectivity index (χ3n) is 4.49. The Hall–Kier alpha value is -0.210. The van der Waals surface area contributed by atoms with E-state index >= 15 is 0 Å². The van der Waals surface area contributed by atoms with E-state index in [0.717, 1.165) is 16.4 Å². The highest BCUT2D eigenvalue weighted by atomic mass is 79.9. The van der Waals surface area contributed by atoms with Gasteiger partial charge in [0.05, 0.1) is 0 Å². The first kappa shape index (κ1) is 12.8. The van der Waals surface area contributed by atoms with Gasteiger partial charge in [0.2, 0.25) is 0 Å². The van der Waals surface area contributed by atoms with Crippen molar-refractivity contribution in [1.29, 1.82) is 0 Å². The first-order chi connectivity index (χ1) is 8.79. The standard InChI is InChI=1S/C15H19BrClN/c16-13-6-7-15(12(9-13)10-17)18-8-2-4-11-3-1-5-14(11)18/h6-7,9,11,14H,1-5,8,10H2. The van der Waals surface area contributed by atoms with Gasteiger partial charge in [-0.3, -0.25) is 0 Å². The van der Waals surface area contributed by atoms with Crippen LogP contribution in [-0.2, 0) is 5.88 Å². The zero-order valence-electron chi connectivity index (χ0n) is 10.5. The van der Waals surface area contributed by atoms with Crippen LogP contribution in [0.4, 0.5) is 5.69 Å². The van der Waals surface area contributed by atoms with Gasteiger partial charge in [-0.25, -0.2) is 0 Å². The van der Waals surface area contributed by atoms with Gasteiger partial charge in [0, 0.05) is 28.6 Å². The Morgan fingerprint density at radius 3 is 2.89 bits per heavy atom. The second-order valence-electron chi connectivity index (χ2n) is 5.50. The molecule has 1 aromatic rings. The van der Waals surface area contributed by atoms with Crippen molar-refractivity contribution in [1.82, 2.24) is 0 Å². The number of hydrogen-bond acceptors (Lipinski definition) is 1. The lowest BCUT2D eigenvalue weighted by Crippen LogP contribution is -2.43. The lowest BCUT2D eigenvalue weighted by Gasteiger charge is -2.40. The summed E-state index contributed by atoms with van der Waals surface area (Å²) in [6, 6.07) is 7.31. The minimum absolute atomic E-state index is 0.600. The molecule has 2 atom stereocenters. The number of fused-ring (bicyclic) bond motifs is 1. The molecule has 1 heterocycles. The lowest BCUT2D eigenvalue weighted by atomic mass is 9.91. The van der Waals surface area contributed by atoms with E-state index in [1.165, 1.54) is 49.9 Å². The van der Waals surface area contributed by atoms with E-state index in [2.05, 4.69) is 39.0 Å². The van der Waals surface area contributed by atoms with Crippen molar-refractivity contribution in [3.63, 3.8) is 0 Å². The average molecular weight is 329 g/mol. The summed E-state index contributed by atoms with van der Waals surface area (Å²) in [4.78, 5) is 2.63. The lowest BCUT2D eigenvalue weighted by molar-refractivity contribution is 0.362. The normalized spacial score (nSPS) is 27.3. The Kier molecular flexibility index (Phi) is 3.86. The van der Waals surface area contributed by atoms with Crippen molar-refractivity contribution in [2.45, 2.75) is 44.0 Å². The SMILES string of the molecule is ClCc1cc(Br)ccc1N1CCCC2CCCC21. The topological polar surface area (TPSA) is 3.24 Å². The molecule has 1 aromatic carbocycles. The van der Waals surface area contributed by atoms with E-state index in [1.54, 1.807) is 0 Å². The fourth-order valence-electron chi connectivity index (χ4n) is 3.69. The van der Waals surface area contributed by atoms with Crippen molar-refractivity contribution in [2.75, 3.05) is 11.4 Å². The predicted molar refractivity (Wildman–Crippen MR) is 81.4 cm³/mol. The van der Waals surface area contributed by atoms with Gasteiger partial charge in [0.25, 0.3) is 0 Å². The van der Waals surface area contributed by atoms with Crippen LogP contribution in [0.15, 0.2) is 22.7 Å². The minimum atomic E-state index is 0.600. The van der Waals surface area contributed by atoms with Crippen LogP contribution in [-0.4, -0.2) is 12.6 Å². The second-order valence-corrected chi connectivity index (χ2v) is 6.68. The third kappa shape index (κ3) is 2.30. The van der Waals surface area contributed by atoms with Gasteiger partial charge < -0.3 is 4.90 Å². The fourth-order valence-corrected chi connectivity index (χ4v) is 4.32. The molecule has 1 aliphatic carbocycles. The minimum Gasteiger partial charge on any atom is -0.368 e. The summed E-state index contributed by atoms with van der Waals surface area (Å²) in [5, 5.41) is 0. The maximum absolute atomic E-state index is 6.12. The molecule has 3 rings (SSSR count). The quantitative estimate of drug-likeness (QED) is 0.694. The molecule has 0 bridgehead atoms. The van der Waals surface area contributed by atoms with Crippen LogP contribution >= 0.6 is 27.5 Å². The number of halogens is 2. The summed E-state index contributed by atoms with van der Waals surface area (Å²) in [7, 11) is 0. The third-order valence-corrected chi connectivity index (χ3v) is 5.27. The van der Waals surface area contributed by atoms with Crippen molar-refractivity contribution < 1.29 is 0 Å². The van der Waals surface area contributed by atoms with Gasteiger partial charge in [-0.05, 0) is 55.4 Å². The van der Waals surface area contributed by atoms with Crippen LogP contribution in [0.2, 0.25) is 0 Å². The molecule has 3 heteroatoms. The van der Waals surface area contributed by atoms with Crippen LogP contribution in [0.1, 0.15) is 37.7 Å². The van der Waals surface area contributed by atoms with E-state index in [0.29, 0.717) is 5.88 Å². The van der Waals surface area contributed by atoms with Crippen molar-refractivity contribution >= 4 is 33.2 Å². The molecule has 0 aromatic heterocycles. The number of alkyl halides is 1. The zero-order valence-corrected chi connectivity index (χ0v) is 12.9. The van der Waals surface area contributed by atoms with Gasteiger partial charge in [-0.15, -0.1) is 11.6 Å². The highest BCUT2D eigenvalue weighted by Gasteiger charge is 2.35. The first-order valence-electron chi connectivity index (χ1n) is 6.90. The first-order valence-corrected chi connectivity index (χ1v) is 8.23. The van der Waals surface area contributed by atoms with Crippen molar-refractivity contribution in [3.8, 4) is 0 Å². The highest BCUT2D eigenvalue weighted by Crippen LogP contribution is 2.40. The predicted octanol–water partition coefficient (Wildman–Crippen LogP) is 4.96. The van der Waals surface area contributed by atoms with E-state index < -0.39 is 0 Å². The van der Waals surface area contributed by atoms with E-state index in [9.17, 15) is 0 Å². The van der Waals surface area contributed by atoms with Crippen LogP contribution in [0, 0.1) is 5.92 Å². The summed E-state index contributed by atoms with van der Waals surface area (Å²) in [6.45, 7) is 1.20. The maximum Gasteiger partial charge on any atom is 0.0494 e. The van der Waals surface area contributed by atoms with E-state index in [4.69, 9.17) is 11.6 Å². The monoisotopic (exact) mass is 327 g/mol. The summed E-state index contributed by atoms with van der Waals surface area (Å²) >= 11 is 9.66. The van der Waals surface area contributed by atoms with E-state index in [-0.39, 0.29) is 0 Å². The smallest absolute Gasteiger partial charge is 0.0494 e. The number of piperidine rings is 1.